The van der Waals surface area contributed by atoms with E-state index in [-0.39, 0.29) is 12.2 Å². The van der Waals surface area contributed by atoms with Crippen molar-refractivity contribution in [2.24, 2.45) is 0 Å². The Morgan fingerprint density at radius 2 is 1.12 bits per heavy atom. The summed E-state index contributed by atoms with van der Waals surface area (Å²) in [6.45, 7) is 5.95. The third-order valence-corrected chi connectivity index (χ3v) is 4.07. The van der Waals surface area contributed by atoms with Gasteiger partial charge < -0.3 is 18.9 Å². The number of hydrogen-bond acceptors (Lipinski definition) is 4. The van der Waals surface area contributed by atoms with Gasteiger partial charge in [0.25, 0.3) is 0 Å². The molecule has 3 rings (SSSR count). The minimum atomic E-state index is -0.610. The maximum absolute atomic E-state index is 5.97. The fourth-order valence-corrected chi connectivity index (χ4v) is 2.93. The van der Waals surface area contributed by atoms with Crippen LogP contribution in [0.5, 0.6) is 0 Å². The number of benzene rings is 2. The fraction of sp³-hybridized carbons (Fsp3) is 0.429. The van der Waals surface area contributed by atoms with Gasteiger partial charge in [-0.3, -0.25) is 0 Å². The second-order valence-corrected chi connectivity index (χ2v) is 6.71. The van der Waals surface area contributed by atoms with Gasteiger partial charge in [0.1, 0.15) is 12.2 Å². The summed E-state index contributed by atoms with van der Waals surface area (Å²) in [5.74, 6) is -0.610. The van der Waals surface area contributed by atoms with Gasteiger partial charge in [0, 0.05) is 0 Å². The van der Waals surface area contributed by atoms with Crippen LogP contribution in [-0.2, 0) is 32.2 Å². The van der Waals surface area contributed by atoms with E-state index in [0.29, 0.717) is 26.4 Å². The zero-order valence-corrected chi connectivity index (χ0v) is 14.9. The van der Waals surface area contributed by atoms with E-state index in [9.17, 15) is 0 Å². The summed E-state index contributed by atoms with van der Waals surface area (Å²) >= 11 is 0. The minimum absolute atomic E-state index is 0.130. The molecule has 0 bridgehead atoms. The van der Waals surface area contributed by atoms with E-state index in [1.165, 1.54) is 0 Å². The highest BCUT2D eigenvalue weighted by Gasteiger charge is 2.41. The van der Waals surface area contributed by atoms with Crippen molar-refractivity contribution in [1.82, 2.24) is 0 Å². The molecule has 2 aromatic carbocycles. The first-order valence-electron chi connectivity index (χ1n) is 8.71. The number of rotatable bonds is 8. The summed E-state index contributed by atoms with van der Waals surface area (Å²) < 4.78 is 23.6. The molecular weight excluding hydrogens is 316 g/mol. The molecule has 25 heavy (non-hydrogen) atoms. The molecular formula is C21H26O4. The van der Waals surface area contributed by atoms with Crippen LogP contribution in [0.15, 0.2) is 60.7 Å². The molecule has 1 aliphatic rings. The Balaban J connectivity index is 1.46. The summed E-state index contributed by atoms with van der Waals surface area (Å²) in [5.41, 5.74) is 2.30. The molecule has 1 saturated heterocycles. The van der Waals surface area contributed by atoms with Crippen molar-refractivity contribution in [3.05, 3.63) is 71.8 Å². The van der Waals surface area contributed by atoms with Gasteiger partial charge in [-0.2, -0.15) is 0 Å². The summed E-state index contributed by atoms with van der Waals surface area (Å²) in [6, 6.07) is 20.3. The topological polar surface area (TPSA) is 36.9 Å². The lowest BCUT2D eigenvalue weighted by molar-refractivity contribution is -0.154. The fourth-order valence-electron chi connectivity index (χ4n) is 2.93. The van der Waals surface area contributed by atoms with Gasteiger partial charge in [-0.05, 0) is 25.0 Å². The van der Waals surface area contributed by atoms with Crippen LogP contribution in [-0.4, -0.2) is 31.2 Å². The molecule has 1 heterocycles. The summed E-state index contributed by atoms with van der Waals surface area (Å²) in [6.07, 6.45) is -0.260. The van der Waals surface area contributed by atoms with E-state index in [4.69, 9.17) is 18.9 Å². The van der Waals surface area contributed by atoms with E-state index in [2.05, 4.69) is 24.3 Å². The summed E-state index contributed by atoms with van der Waals surface area (Å²) in [7, 11) is 0. The molecule has 0 aliphatic carbocycles. The third kappa shape index (κ3) is 5.65. The van der Waals surface area contributed by atoms with Gasteiger partial charge >= 0.3 is 0 Å². The lowest BCUT2D eigenvalue weighted by Gasteiger charge is -2.17. The van der Waals surface area contributed by atoms with Crippen molar-refractivity contribution >= 4 is 0 Å². The predicted molar refractivity (Wildman–Crippen MR) is 96.0 cm³/mol. The first kappa shape index (κ1) is 18.1. The SMILES string of the molecule is CC1(C)O[C@@H](COCc2ccccc2)[C@H](COCc2ccccc2)O1. The van der Waals surface area contributed by atoms with Gasteiger partial charge in [0.05, 0.1) is 26.4 Å². The largest absolute Gasteiger partial charge is 0.374 e. The zero-order chi connectivity index (χ0) is 17.5. The third-order valence-electron chi connectivity index (χ3n) is 4.07. The standard InChI is InChI=1S/C21H26O4/c1-21(2)24-19(15-22-13-17-9-5-3-6-10-17)20(25-21)16-23-14-18-11-7-4-8-12-18/h3-12,19-20H,13-16H2,1-2H3/t19-,20-/m0/s1. The quantitative estimate of drug-likeness (QED) is 0.728. The van der Waals surface area contributed by atoms with Crippen LogP contribution >= 0.6 is 0 Å². The molecule has 0 aromatic heterocycles. The van der Waals surface area contributed by atoms with Gasteiger partial charge in [-0.15, -0.1) is 0 Å². The van der Waals surface area contributed by atoms with Crippen LogP contribution in [0.25, 0.3) is 0 Å². The van der Waals surface area contributed by atoms with Crippen LogP contribution in [0.4, 0.5) is 0 Å². The van der Waals surface area contributed by atoms with E-state index in [1.807, 2.05) is 50.2 Å². The van der Waals surface area contributed by atoms with Crippen molar-refractivity contribution in [1.29, 1.82) is 0 Å². The molecule has 0 spiro atoms. The molecule has 0 saturated carbocycles. The van der Waals surface area contributed by atoms with E-state index < -0.39 is 5.79 Å². The highest BCUT2D eigenvalue weighted by Crippen LogP contribution is 2.29. The number of hydrogen-bond donors (Lipinski definition) is 0. The Kier molecular flexibility index (Phi) is 6.21. The molecule has 4 heteroatoms. The van der Waals surface area contributed by atoms with Crippen molar-refractivity contribution in [2.75, 3.05) is 13.2 Å². The van der Waals surface area contributed by atoms with Crippen LogP contribution in [0, 0.1) is 0 Å². The second-order valence-electron chi connectivity index (χ2n) is 6.71. The zero-order valence-electron chi connectivity index (χ0n) is 14.9. The monoisotopic (exact) mass is 342 g/mol. The lowest BCUT2D eigenvalue weighted by Crippen LogP contribution is -2.31. The summed E-state index contributed by atoms with van der Waals surface area (Å²) in [4.78, 5) is 0. The first-order chi connectivity index (χ1) is 12.1. The second kappa shape index (κ2) is 8.59. The maximum atomic E-state index is 5.97. The molecule has 2 atom stereocenters. The molecule has 1 aliphatic heterocycles. The normalized spacial score (nSPS) is 22.2. The molecule has 0 N–H and O–H groups in total. The van der Waals surface area contributed by atoms with Crippen LogP contribution in [0.2, 0.25) is 0 Å². The Hall–Kier alpha value is -1.72. The molecule has 134 valence electrons. The molecule has 0 radical (unpaired) electrons. The Bertz CT molecular complexity index is 571. The van der Waals surface area contributed by atoms with Gasteiger partial charge in [0.2, 0.25) is 0 Å². The molecule has 4 nitrogen and oxygen atoms in total. The van der Waals surface area contributed by atoms with E-state index >= 15 is 0 Å². The molecule has 2 aromatic rings. The molecule has 1 fully saturated rings. The Morgan fingerprint density at radius 1 is 0.720 bits per heavy atom. The highest BCUT2D eigenvalue weighted by atomic mass is 16.8. The van der Waals surface area contributed by atoms with Crippen LogP contribution < -0.4 is 0 Å². The predicted octanol–water partition coefficient (Wildman–Crippen LogP) is 3.94. The van der Waals surface area contributed by atoms with Crippen molar-refractivity contribution in [3.8, 4) is 0 Å². The average Bonchev–Trinajstić information content (AvgIpc) is 2.91. The van der Waals surface area contributed by atoms with Gasteiger partial charge in [-0.1, -0.05) is 60.7 Å². The van der Waals surface area contributed by atoms with Crippen molar-refractivity contribution in [3.63, 3.8) is 0 Å². The van der Waals surface area contributed by atoms with Gasteiger partial charge in [-0.25, -0.2) is 0 Å². The average molecular weight is 342 g/mol. The maximum Gasteiger partial charge on any atom is 0.163 e. The minimum Gasteiger partial charge on any atom is -0.374 e. The molecule has 0 unspecified atom stereocenters. The van der Waals surface area contributed by atoms with Gasteiger partial charge in [0.15, 0.2) is 5.79 Å². The Morgan fingerprint density at radius 3 is 1.52 bits per heavy atom. The van der Waals surface area contributed by atoms with E-state index in [1.54, 1.807) is 0 Å². The van der Waals surface area contributed by atoms with Crippen molar-refractivity contribution < 1.29 is 18.9 Å². The first-order valence-corrected chi connectivity index (χ1v) is 8.71. The molecule has 0 amide bonds. The van der Waals surface area contributed by atoms with Crippen molar-refractivity contribution in [2.45, 2.75) is 45.1 Å². The van der Waals surface area contributed by atoms with Crippen LogP contribution in [0.1, 0.15) is 25.0 Å². The highest BCUT2D eigenvalue weighted by molar-refractivity contribution is 5.14. The Labute approximate surface area is 149 Å². The smallest absolute Gasteiger partial charge is 0.163 e. The van der Waals surface area contributed by atoms with Crippen LogP contribution in [0.3, 0.4) is 0 Å². The van der Waals surface area contributed by atoms with E-state index in [0.717, 1.165) is 11.1 Å². The number of ether oxygens (including phenoxy) is 4. The lowest BCUT2D eigenvalue weighted by atomic mass is 10.2. The summed E-state index contributed by atoms with van der Waals surface area (Å²) in [5, 5.41) is 0.